The normalized spacial score (nSPS) is 18.8. The van der Waals surface area contributed by atoms with E-state index in [0.717, 1.165) is 49.6 Å². The first-order valence-electron chi connectivity index (χ1n) is 6.26. The van der Waals surface area contributed by atoms with Crippen molar-refractivity contribution in [3.63, 3.8) is 0 Å². The lowest BCUT2D eigenvalue weighted by Gasteiger charge is -2.30. The summed E-state index contributed by atoms with van der Waals surface area (Å²) in [7, 11) is 1.80. The third-order valence-electron chi connectivity index (χ3n) is 3.54. The van der Waals surface area contributed by atoms with Crippen molar-refractivity contribution in [3.8, 4) is 0 Å². The number of piperidine rings is 1. The SMILES string of the molecule is COC1CCN(Cc2cc(CN)c(C)o2)CC1. The smallest absolute Gasteiger partial charge is 0.118 e. The van der Waals surface area contributed by atoms with Crippen LogP contribution in [-0.4, -0.2) is 31.2 Å². The summed E-state index contributed by atoms with van der Waals surface area (Å²) in [5, 5.41) is 0. The topological polar surface area (TPSA) is 51.6 Å². The number of likely N-dealkylation sites (tertiary alicyclic amines) is 1. The van der Waals surface area contributed by atoms with E-state index in [9.17, 15) is 0 Å². The zero-order chi connectivity index (χ0) is 12.3. The molecule has 96 valence electrons. The van der Waals surface area contributed by atoms with Gasteiger partial charge in [0.25, 0.3) is 0 Å². The molecule has 17 heavy (non-hydrogen) atoms. The van der Waals surface area contributed by atoms with Crippen LogP contribution in [0, 0.1) is 6.92 Å². The third kappa shape index (κ3) is 3.09. The Morgan fingerprint density at radius 2 is 2.18 bits per heavy atom. The molecule has 1 aliphatic heterocycles. The van der Waals surface area contributed by atoms with Gasteiger partial charge in [0.15, 0.2) is 0 Å². The second kappa shape index (κ2) is 5.67. The maximum atomic E-state index is 5.71. The minimum absolute atomic E-state index is 0.434. The van der Waals surface area contributed by atoms with Crippen molar-refractivity contribution in [2.24, 2.45) is 5.73 Å². The maximum Gasteiger partial charge on any atom is 0.118 e. The Balaban J connectivity index is 1.88. The first-order chi connectivity index (χ1) is 8.22. The minimum atomic E-state index is 0.434. The third-order valence-corrected chi connectivity index (χ3v) is 3.54. The summed E-state index contributed by atoms with van der Waals surface area (Å²) in [5.41, 5.74) is 6.76. The van der Waals surface area contributed by atoms with Gasteiger partial charge >= 0.3 is 0 Å². The fourth-order valence-electron chi connectivity index (χ4n) is 2.39. The average Bonchev–Trinajstić information content (AvgIpc) is 2.70. The highest BCUT2D eigenvalue weighted by atomic mass is 16.5. The Morgan fingerprint density at radius 3 is 2.71 bits per heavy atom. The van der Waals surface area contributed by atoms with Gasteiger partial charge in [0, 0.05) is 32.3 Å². The minimum Gasteiger partial charge on any atom is -0.465 e. The summed E-state index contributed by atoms with van der Waals surface area (Å²) in [6, 6.07) is 2.08. The van der Waals surface area contributed by atoms with Crippen LogP contribution in [0.1, 0.15) is 29.9 Å². The lowest BCUT2D eigenvalue weighted by molar-refractivity contribution is 0.0369. The molecule has 2 rings (SSSR count). The number of hydrogen-bond donors (Lipinski definition) is 1. The van der Waals surface area contributed by atoms with Crippen LogP contribution in [0.3, 0.4) is 0 Å². The van der Waals surface area contributed by atoms with Crippen molar-refractivity contribution in [1.29, 1.82) is 0 Å². The molecule has 1 saturated heterocycles. The van der Waals surface area contributed by atoms with Crippen molar-refractivity contribution in [1.82, 2.24) is 4.90 Å². The molecular weight excluding hydrogens is 216 g/mol. The van der Waals surface area contributed by atoms with E-state index in [1.165, 1.54) is 0 Å². The van der Waals surface area contributed by atoms with Gasteiger partial charge in [-0.25, -0.2) is 0 Å². The van der Waals surface area contributed by atoms with Crippen LogP contribution < -0.4 is 5.73 Å². The Bertz CT molecular complexity index is 354. The molecule has 1 aromatic heterocycles. The van der Waals surface area contributed by atoms with Gasteiger partial charge in [-0.1, -0.05) is 0 Å². The molecule has 0 unspecified atom stereocenters. The molecule has 0 atom stereocenters. The van der Waals surface area contributed by atoms with Gasteiger partial charge in [-0.15, -0.1) is 0 Å². The Labute approximate surface area is 103 Å². The zero-order valence-corrected chi connectivity index (χ0v) is 10.7. The standard InChI is InChI=1S/C13H22N2O2/c1-10-11(8-14)7-13(17-10)9-15-5-3-12(16-2)4-6-15/h7,12H,3-6,8-9,14H2,1-2H3. The second-order valence-corrected chi connectivity index (χ2v) is 4.71. The Morgan fingerprint density at radius 1 is 1.47 bits per heavy atom. The predicted octanol–water partition coefficient (Wildman–Crippen LogP) is 1.66. The van der Waals surface area contributed by atoms with Crippen LogP contribution in [0.25, 0.3) is 0 Å². The van der Waals surface area contributed by atoms with E-state index in [2.05, 4.69) is 11.0 Å². The summed E-state index contributed by atoms with van der Waals surface area (Å²) in [6.07, 6.45) is 2.66. The summed E-state index contributed by atoms with van der Waals surface area (Å²) < 4.78 is 11.1. The van der Waals surface area contributed by atoms with Crippen LogP contribution in [0.15, 0.2) is 10.5 Å². The van der Waals surface area contributed by atoms with E-state index < -0.39 is 0 Å². The number of nitrogens with two attached hydrogens (primary N) is 1. The lowest BCUT2D eigenvalue weighted by atomic mass is 10.1. The number of ether oxygens (including phenoxy) is 1. The second-order valence-electron chi connectivity index (χ2n) is 4.71. The lowest BCUT2D eigenvalue weighted by Crippen LogP contribution is -2.36. The largest absolute Gasteiger partial charge is 0.465 e. The number of methoxy groups -OCH3 is 1. The quantitative estimate of drug-likeness (QED) is 0.866. The fourth-order valence-corrected chi connectivity index (χ4v) is 2.39. The molecule has 1 aromatic rings. The number of rotatable bonds is 4. The first-order valence-corrected chi connectivity index (χ1v) is 6.26. The van der Waals surface area contributed by atoms with Gasteiger partial charge in [0.1, 0.15) is 11.5 Å². The first kappa shape index (κ1) is 12.6. The van der Waals surface area contributed by atoms with Crippen LogP contribution in [0.5, 0.6) is 0 Å². The molecule has 2 N–H and O–H groups in total. The molecule has 0 saturated carbocycles. The van der Waals surface area contributed by atoms with Crippen molar-refractivity contribution in [3.05, 3.63) is 23.2 Å². The molecule has 1 aliphatic rings. The predicted molar refractivity (Wildman–Crippen MR) is 66.6 cm³/mol. The van der Waals surface area contributed by atoms with Crippen molar-refractivity contribution in [2.45, 2.75) is 39.0 Å². The van der Waals surface area contributed by atoms with Crippen LogP contribution in [0.2, 0.25) is 0 Å². The molecule has 0 aliphatic carbocycles. The Hall–Kier alpha value is -0.840. The molecule has 0 amide bonds. The van der Waals surface area contributed by atoms with Crippen molar-refractivity contribution in [2.75, 3.05) is 20.2 Å². The van der Waals surface area contributed by atoms with Crippen molar-refractivity contribution >= 4 is 0 Å². The van der Waals surface area contributed by atoms with E-state index in [-0.39, 0.29) is 0 Å². The maximum absolute atomic E-state index is 5.71. The van der Waals surface area contributed by atoms with Gasteiger partial charge in [-0.2, -0.15) is 0 Å². The zero-order valence-electron chi connectivity index (χ0n) is 10.7. The van der Waals surface area contributed by atoms with E-state index in [1.54, 1.807) is 7.11 Å². The summed E-state index contributed by atoms with van der Waals surface area (Å²) in [4.78, 5) is 2.41. The van der Waals surface area contributed by atoms with Crippen LogP contribution in [-0.2, 0) is 17.8 Å². The van der Waals surface area contributed by atoms with Crippen LogP contribution >= 0.6 is 0 Å². The fraction of sp³-hybridized carbons (Fsp3) is 0.692. The van der Waals surface area contributed by atoms with E-state index in [4.69, 9.17) is 14.9 Å². The highest BCUT2D eigenvalue weighted by molar-refractivity contribution is 5.20. The molecule has 4 nitrogen and oxygen atoms in total. The molecule has 1 fully saturated rings. The van der Waals surface area contributed by atoms with Crippen LogP contribution in [0.4, 0.5) is 0 Å². The number of furan rings is 1. The van der Waals surface area contributed by atoms with Gasteiger partial charge in [-0.05, 0) is 25.8 Å². The number of aryl methyl sites for hydroxylation is 1. The molecule has 0 radical (unpaired) electrons. The summed E-state index contributed by atoms with van der Waals surface area (Å²) in [5.74, 6) is 1.98. The summed E-state index contributed by atoms with van der Waals surface area (Å²) >= 11 is 0. The monoisotopic (exact) mass is 238 g/mol. The van der Waals surface area contributed by atoms with Gasteiger partial charge in [0.2, 0.25) is 0 Å². The molecule has 0 spiro atoms. The number of hydrogen-bond acceptors (Lipinski definition) is 4. The molecule has 4 heteroatoms. The van der Waals surface area contributed by atoms with Gasteiger partial charge in [0.05, 0.1) is 12.6 Å². The number of nitrogens with zero attached hydrogens (tertiary/aromatic N) is 1. The highest BCUT2D eigenvalue weighted by Crippen LogP contribution is 2.19. The molecular formula is C13H22N2O2. The van der Waals surface area contributed by atoms with Crippen molar-refractivity contribution < 1.29 is 9.15 Å². The van der Waals surface area contributed by atoms with Gasteiger partial charge in [-0.3, -0.25) is 4.90 Å². The highest BCUT2D eigenvalue weighted by Gasteiger charge is 2.19. The van der Waals surface area contributed by atoms with E-state index >= 15 is 0 Å². The Kier molecular flexibility index (Phi) is 4.20. The average molecular weight is 238 g/mol. The summed E-state index contributed by atoms with van der Waals surface area (Å²) in [6.45, 7) is 5.58. The molecule has 2 heterocycles. The van der Waals surface area contributed by atoms with E-state index in [0.29, 0.717) is 12.6 Å². The van der Waals surface area contributed by atoms with E-state index in [1.807, 2.05) is 6.92 Å². The molecule has 0 bridgehead atoms. The van der Waals surface area contributed by atoms with Gasteiger partial charge < -0.3 is 14.9 Å². The molecule has 0 aromatic carbocycles.